The minimum atomic E-state index is -0.711. The predicted molar refractivity (Wildman–Crippen MR) is 83.9 cm³/mol. The van der Waals surface area contributed by atoms with Crippen LogP contribution in [0.2, 0.25) is 0 Å². The van der Waals surface area contributed by atoms with Gasteiger partial charge in [-0.15, -0.1) is 5.10 Å². The van der Waals surface area contributed by atoms with Crippen molar-refractivity contribution in [2.24, 2.45) is 0 Å². The molecule has 7 heteroatoms. The van der Waals surface area contributed by atoms with Crippen molar-refractivity contribution in [1.82, 2.24) is 15.2 Å². The number of nitrogens with zero attached hydrogens (tertiary/aromatic N) is 3. The molecule has 0 amide bonds. The summed E-state index contributed by atoms with van der Waals surface area (Å²) in [5.41, 5.74) is 1.58. The third kappa shape index (κ3) is 3.57. The summed E-state index contributed by atoms with van der Waals surface area (Å²) in [5, 5.41) is 13.2. The van der Waals surface area contributed by atoms with Crippen LogP contribution in [0.3, 0.4) is 0 Å². The van der Waals surface area contributed by atoms with Crippen LogP contribution in [0.4, 0.5) is 31.9 Å². The summed E-state index contributed by atoms with van der Waals surface area (Å²) in [7, 11) is 0. The molecule has 0 atom stereocenters. The molecule has 1 aromatic heterocycles. The lowest BCUT2D eigenvalue weighted by atomic mass is 10.2. The average Bonchev–Trinajstić information content (AvgIpc) is 2.52. The Labute approximate surface area is 131 Å². The number of benzene rings is 2. The summed E-state index contributed by atoms with van der Waals surface area (Å²) in [6.07, 6.45) is 1.29. The van der Waals surface area contributed by atoms with Crippen molar-refractivity contribution < 1.29 is 8.78 Å². The standard InChI is InChI=1S/C16H13F2N5/c1-10-4-2-5-11(8-10)20-16-22-14(9-19-23-16)21-15-12(17)6-3-7-13(15)18/h2-9H,1H3,(H2,20,21,22,23). The zero-order chi connectivity index (χ0) is 16.2. The van der Waals surface area contributed by atoms with Crippen molar-refractivity contribution >= 4 is 23.1 Å². The predicted octanol–water partition coefficient (Wildman–Crippen LogP) is 3.95. The van der Waals surface area contributed by atoms with Crippen LogP contribution in [0, 0.1) is 18.6 Å². The van der Waals surface area contributed by atoms with Gasteiger partial charge in [0.2, 0.25) is 5.95 Å². The van der Waals surface area contributed by atoms with E-state index in [1.165, 1.54) is 12.3 Å². The number of aryl methyl sites for hydroxylation is 1. The van der Waals surface area contributed by atoms with E-state index in [-0.39, 0.29) is 17.5 Å². The zero-order valence-corrected chi connectivity index (χ0v) is 12.2. The molecule has 2 aromatic carbocycles. The fourth-order valence-electron chi connectivity index (χ4n) is 2.01. The Hall–Kier alpha value is -3.09. The molecule has 0 fully saturated rings. The molecule has 2 N–H and O–H groups in total. The maximum Gasteiger partial charge on any atom is 0.249 e. The van der Waals surface area contributed by atoms with E-state index in [2.05, 4.69) is 25.8 Å². The number of anilines is 4. The Morgan fingerprint density at radius 2 is 1.70 bits per heavy atom. The van der Waals surface area contributed by atoms with Gasteiger partial charge in [0.1, 0.15) is 17.3 Å². The summed E-state index contributed by atoms with van der Waals surface area (Å²) < 4.78 is 27.3. The van der Waals surface area contributed by atoms with Gasteiger partial charge in [-0.2, -0.15) is 10.1 Å². The first-order valence-electron chi connectivity index (χ1n) is 6.86. The van der Waals surface area contributed by atoms with Crippen molar-refractivity contribution in [3.63, 3.8) is 0 Å². The summed E-state index contributed by atoms with van der Waals surface area (Å²) >= 11 is 0. The molecule has 0 spiro atoms. The lowest BCUT2D eigenvalue weighted by Crippen LogP contribution is -2.04. The normalized spacial score (nSPS) is 10.4. The minimum Gasteiger partial charge on any atom is -0.334 e. The number of halogens is 2. The lowest BCUT2D eigenvalue weighted by Gasteiger charge is -2.09. The van der Waals surface area contributed by atoms with Crippen LogP contribution < -0.4 is 10.6 Å². The molecule has 116 valence electrons. The summed E-state index contributed by atoms with van der Waals surface area (Å²) in [6, 6.07) is 11.2. The van der Waals surface area contributed by atoms with Crippen molar-refractivity contribution in [3.05, 3.63) is 65.9 Å². The molecule has 0 unspecified atom stereocenters. The molecule has 23 heavy (non-hydrogen) atoms. The first kappa shape index (κ1) is 14.8. The van der Waals surface area contributed by atoms with Crippen LogP contribution in [-0.4, -0.2) is 15.2 Å². The number of hydrogen-bond acceptors (Lipinski definition) is 5. The van der Waals surface area contributed by atoms with Gasteiger partial charge in [0, 0.05) is 5.69 Å². The Morgan fingerprint density at radius 3 is 2.43 bits per heavy atom. The molecular weight excluding hydrogens is 300 g/mol. The molecule has 3 aromatic rings. The van der Waals surface area contributed by atoms with E-state index in [0.717, 1.165) is 23.4 Å². The van der Waals surface area contributed by atoms with Gasteiger partial charge in [-0.1, -0.05) is 18.2 Å². The van der Waals surface area contributed by atoms with E-state index in [1.54, 1.807) is 0 Å². The third-order valence-corrected chi connectivity index (χ3v) is 3.05. The molecule has 0 saturated heterocycles. The van der Waals surface area contributed by atoms with E-state index >= 15 is 0 Å². The van der Waals surface area contributed by atoms with Crippen molar-refractivity contribution in [3.8, 4) is 0 Å². The van der Waals surface area contributed by atoms with Crippen molar-refractivity contribution in [2.45, 2.75) is 6.92 Å². The van der Waals surface area contributed by atoms with E-state index in [4.69, 9.17) is 0 Å². The van der Waals surface area contributed by atoms with Crippen LogP contribution >= 0.6 is 0 Å². The topological polar surface area (TPSA) is 62.7 Å². The fraction of sp³-hybridized carbons (Fsp3) is 0.0625. The molecule has 0 radical (unpaired) electrons. The Balaban J connectivity index is 1.83. The Morgan fingerprint density at radius 1 is 0.957 bits per heavy atom. The van der Waals surface area contributed by atoms with E-state index in [0.29, 0.717) is 0 Å². The highest BCUT2D eigenvalue weighted by Crippen LogP contribution is 2.22. The summed E-state index contributed by atoms with van der Waals surface area (Å²) in [6.45, 7) is 1.96. The Kier molecular flexibility index (Phi) is 4.09. The number of rotatable bonds is 4. The number of hydrogen-bond donors (Lipinski definition) is 2. The van der Waals surface area contributed by atoms with Gasteiger partial charge in [-0.25, -0.2) is 8.78 Å². The molecule has 0 saturated carbocycles. The maximum absolute atomic E-state index is 13.6. The monoisotopic (exact) mass is 313 g/mol. The van der Waals surface area contributed by atoms with E-state index < -0.39 is 11.6 Å². The number of para-hydroxylation sites is 1. The first-order chi connectivity index (χ1) is 11.1. The van der Waals surface area contributed by atoms with E-state index in [9.17, 15) is 8.78 Å². The second-order valence-electron chi connectivity index (χ2n) is 4.88. The second-order valence-corrected chi connectivity index (χ2v) is 4.88. The molecule has 0 bridgehead atoms. The quantitative estimate of drug-likeness (QED) is 0.764. The van der Waals surface area contributed by atoms with E-state index in [1.807, 2.05) is 31.2 Å². The van der Waals surface area contributed by atoms with Gasteiger partial charge >= 0.3 is 0 Å². The molecule has 1 heterocycles. The fourth-order valence-corrected chi connectivity index (χ4v) is 2.01. The zero-order valence-electron chi connectivity index (χ0n) is 12.2. The van der Waals surface area contributed by atoms with Crippen molar-refractivity contribution in [1.29, 1.82) is 0 Å². The molecule has 5 nitrogen and oxygen atoms in total. The highest BCUT2D eigenvalue weighted by molar-refractivity contribution is 5.59. The van der Waals surface area contributed by atoms with Crippen LogP contribution in [-0.2, 0) is 0 Å². The second kappa shape index (κ2) is 6.35. The molecular formula is C16H13F2N5. The lowest BCUT2D eigenvalue weighted by molar-refractivity contribution is 0.590. The molecule has 0 aliphatic carbocycles. The molecule has 0 aliphatic heterocycles. The third-order valence-electron chi connectivity index (χ3n) is 3.05. The highest BCUT2D eigenvalue weighted by Gasteiger charge is 2.10. The number of nitrogens with one attached hydrogen (secondary N) is 2. The summed E-state index contributed by atoms with van der Waals surface area (Å²) in [5.74, 6) is -1.02. The van der Waals surface area contributed by atoms with Gasteiger partial charge in [0.05, 0.1) is 6.20 Å². The van der Waals surface area contributed by atoms with Gasteiger partial charge in [-0.3, -0.25) is 0 Å². The average molecular weight is 313 g/mol. The minimum absolute atomic E-state index is 0.180. The Bertz CT molecular complexity index is 818. The number of aromatic nitrogens is 3. The van der Waals surface area contributed by atoms with Gasteiger partial charge in [-0.05, 0) is 36.8 Å². The van der Waals surface area contributed by atoms with Gasteiger partial charge in [0.25, 0.3) is 0 Å². The van der Waals surface area contributed by atoms with Crippen LogP contribution in [0.5, 0.6) is 0 Å². The van der Waals surface area contributed by atoms with Crippen LogP contribution in [0.15, 0.2) is 48.7 Å². The van der Waals surface area contributed by atoms with Crippen LogP contribution in [0.25, 0.3) is 0 Å². The molecule has 3 rings (SSSR count). The summed E-state index contributed by atoms with van der Waals surface area (Å²) in [4.78, 5) is 4.15. The van der Waals surface area contributed by atoms with Crippen LogP contribution in [0.1, 0.15) is 5.56 Å². The largest absolute Gasteiger partial charge is 0.334 e. The van der Waals surface area contributed by atoms with Gasteiger partial charge < -0.3 is 10.6 Å². The van der Waals surface area contributed by atoms with Gasteiger partial charge in [0.15, 0.2) is 5.82 Å². The maximum atomic E-state index is 13.6. The van der Waals surface area contributed by atoms with Crippen molar-refractivity contribution in [2.75, 3.05) is 10.6 Å². The highest BCUT2D eigenvalue weighted by atomic mass is 19.1. The smallest absolute Gasteiger partial charge is 0.249 e. The molecule has 0 aliphatic rings. The SMILES string of the molecule is Cc1cccc(Nc2nncc(Nc3c(F)cccc3F)n2)c1. The first-order valence-corrected chi connectivity index (χ1v) is 6.86.